The van der Waals surface area contributed by atoms with Crippen LogP contribution in [0.2, 0.25) is 0 Å². The Morgan fingerprint density at radius 1 is 1.19 bits per heavy atom. The SMILES string of the molecule is CC1=CC[C@H](C(=O)N(c2cc(C#CC(C)(C)C)sc2C(=O)O)C2CCC(O)CC2)[C@@H](C)C1. The Labute approximate surface area is 195 Å². The van der Waals surface area contributed by atoms with Crippen molar-refractivity contribution < 1.29 is 19.8 Å². The summed E-state index contributed by atoms with van der Waals surface area (Å²) in [6, 6.07) is 1.67. The third-order valence-corrected chi connectivity index (χ3v) is 7.39. The number of aliphatic hydroxyl groups excluding tert-OH is 1. The molecule has 5 nitrogen and oxygen atoms in total. The highest BCUT2D eigenvalue weighted by molar-refractivity contribution is 7.15. The fourth-order valence-corrected chi connectivity index (χ4v) is 5.49. The summed E-state index contributed by atoms with van der Waals surface area (Å²) in [7, 11) is 0. The second-order valence-electron chi connectivity index (χ2n) is 10.4. The van der Waals surface area contributed by atoms with Crippen LogP contribution in [0.25, 0.3) is 0 Å². The maximum absolute atomic E-state index is 13.9. The number of rotatable bonds is 4. The van der Waals surface area contributed by atoms with Gasteiger partial charge in [0.15, 0.2) is 0 Å². The van der Waals surface area contributed by atoms with Crippen LogP contribution in [0.5, 0.6) is 0 Å². The van der Waals surface area contributed by atoms with E-state index in [1.165, 1.54) is 5.57 Å². The molecule has 0 aromatic carbocycles. The molecular weight excluding hydrogens is 422 g/mol. The Morgan fingerprint density at radius 3 is 2.41 bits per heavy atom. The van der Waals surface area contributed by atoms with Gasteiger partial charge in [-0.3, -0.25) is 4.79 Å². The molecule has 2 aliphatic rings. The molecule has 0 unspecified atom stereocenters. The molecule has 32 heavy (non-hydrogen) atoms. The third kappa shape index (κ3) is 5.82. The van der Waals surface area contributed by atoms with Crippen LogP contribution in [-0.2, 0) is 4.79 Å². The minimum Gasteiger partial charge on any atom is -0.477 e. The van der Waals surface area contributed by atoms with Gasteiger partial charge in [-0.15, -0.1) is 11.3 Å². The number of allylic oxidation sites excluding steroid dienone is 2. The largest absolute Gasteiger partial charge is 0.477 e. The number of amides is 1. The molecule has 2 atom stereocenters. The van der Waals surface area contributed by atoms with Gasteiger partial charge in [-0.2, -0.15) is 0 Å². The van der Waals surface area contributed by atoms with Crippen LogP contribution in [-0.4, -0.2) is 34.2 Å². The van der Waals surface area contributed by atoms with E-state index in [1.807, 2.05) is 20.8 Å². The van der Waals surface area contributed by atoms with Crippen molar-refractivity contribution in [1.29, 1.82) is 0 Å². The van der Waals surface area contributed by atoms with E-state index in [2.05, 4.69) is 31.8 Å². The highest BCUT2D eigenvalue weighted by atomic mass is 32.1. The van der Waals surface area contributed by atoms with Crippen LogP contribution in [0.3, 0.4) is 0 Å². The first-order valence-electron chi connectivity index (χ1n) is 11.5. The van der Waals surface area contributed by atoms with E-state index in [9.17, 15) is 19.8 Å². The Morgan fingerprint density at radius 2 is 1.84 bits per heavy atom. The first-order chi connectivity index (χ1) is 15.0. The Kier molecular flexibility index (Phi) is 7.52. The van der Waals surface area contributed by atoms with Crippen LogP contribution in [0.4, 0.5) is 5.69 Å². The van der Waals surface area contributed by atoms with Crippen LogP contribution >= 0.6 is 11.3 Å². The second kappa shape index (κ2) is 9.80. The van der Waals surface area contributed by atoms with Gasteiger partial charge >= 0.3 is 5.97 Å². The van der Waals surface area contributed by atoms with E-state index in [0.717, 1.165) is 17.8 Å². The molecule has 0 spiro atoms. The molecular formula is C26H35NO4S. The van der Waals surface area contributed by atoms with Gasteiger partial charge in [-0.25, -0.2) is 4.79 Å². The average molecular weight is 458 g/mol. The smallest absolute Gasteiger partial charge is 0.348 e. The molecule has 6 heteroatoms. The van der Waals surface area contributed by atoms with Crippen molar-refractivity contribution in [2.24, 2.45) is 17.3 Å². The first kappa shape index (κ1) is 24.5. The summed E-state index contributed by atoms with van der Waals surface area (Å²) in [5.41, 5.74) is 1.56. The zero-order valence-electron chi connectivity index (χ0n) is 19.8. The van der Waals surface area contributed by atoms with Crippen molar-refractivity contribution in [2.75, 3.05) is 4.90 Å². The predicted molar refractivity (Wildman–Crippen MR) is 129 cm³/mol. The van der Waals surface area contributed by atoms with Crippen molar-refractivity contribution in [3.8, 4) is 11.8 Å². The molecule has 1 saturated carbocycles. The number of carboxylic acid groups (broad SMARTS) is 1. The van der Waals surface area contributed by atoms with Gasteiger partial charge in [0.05, 0.1) is 16.7 Å². The van der Waals surface area contributed by atoms with E-state index in [0.29, 0.717) is 42.7 Å². The van der Waals surface area contributed by atoms with Crippen LogP contribution in [0, 0.1) is 29.1 Å². The van der Waals surface area contributed by atoms with Crippen molar-refractivity contribution in [1.82, 2.24) is 0 Å². The molecule has 1 fully saturated rings. The van der Waals surface area contributed by atoms with E-state index in [1.54, 1.807) is 11.0 Å². The quantitative estimate of drug-likeness (QED) is 0.464. The molecule has 1 aromatic heterocycles. The molecule has 2 N–H and O–H groups in total. The lowest BCUT2D eigenvalue weighted by Crippen LogP contribution is -2.48. The van der Waals surface area contributed by atoms with Gasteiger partial charge in [-0.05, 0) is 78.2 Å². The molecule has 174 valence electrons. The summed E-state index contributed by atoms with van der Waals surface area (Å²) in [6.07, 6.45) is 5.93. The van der Waals surface area contributed by atoms with Gasteiger partial charge in [-0.1, -0.05) is 30.4 Å². The maximum atomic E-state index is 13.9. The third-order valence-electron chi connectivity index (χ3n) is 6.36. The fourth-order valence-electron chi connectivity index (χ4n) is 4.65. The van der Waals surface area contributed by atoms with Gasteiger partial charge in [0.2, 0.25) is 5.91 Å². The van der Waals surface area contributed by atoms with E-state index in [-0.39, 0.29) is 40.2 Å². The van der Waals surface area contributed by atoms with E-state index < -0.39 is 5.97 Å². The molecule has 2 aliphatic carbocycles. The summed E-state index contributed by atoms with van der Waals surface area (Å²) >= 11 is 1.14. The van der Waals surface area contributed by atoms with E-state index >= 15 is 0 Å². The lowest BCUT2D eigenvalue weighted by molar-refractivity contribution is -0.124. The fraction of sp³-hybridized carbons (Fsp3) is 0.615. The molecule has 1 amide bonds. The normalized spacial score (nSPS) is 26.0. The lowest BCUT2D eigenvalue weighted by atomic mass is 9.79. The highest BCUT2D eigenvalue weighted by Gasteiger charge is 2.38. The molecule has 0 saturated heterocycles. The molecule has 0 radical (unpaired) electrons. The van der Waals surface area contributed by atoms with Gasteiger partial charge in [0.1, 0.15) is 4.88 Å². The Balaban J connectivity index is 2.04. The summed E-state index contributed by atoms with van der Waals surface area (Å²) in [6.45, 7) is 10.2. The molecule has 0 bridgehead atoms. The predicted octanol–water partition coefficient (Wildman–Crippen LogP) is 5.47. The number of carbonyl (C=O) groups is 2. The number of hydrogen-bond donors (Lipinski definition) is 2. The van der Waals surface area contributed by atoms with Gasteiger partial charge < -0.3 is 15.1 Å². The van der Waals surface area contributed by atoms with Crippen LogP contribution < -0.4 is 4.90 Å². The van der Waals surface area contributed by atoms with Crippen molar-refractivity contribution >= 4 is 28.9 Å². The molecule has 1 heterocycles. The zero-order chi connectivity index (χ0) is 23.6. The van der Waals surface area contributed by atoms with E-state index in [4.69, 9.17) is 0 Å². The maximum Gasteiger partial charge on any atom is 0.348 e. The lowest BCUT2D eigenvalue weighted by Gasteiger charge is -2.39. The first-order valence-corrected chi connectivity index (χ1v) is 12.3. The van der Waals surface area contributed by atoms with Gasteiger partial charge in [0, 0.05) is 17.4 Å². The number of nitrogens with zero attached hydrogens (tertiary/aromatic N) is 1. The van der Waals surface area contributed by atoms with Crippen LogP contribution in [0.15, 0.2) is 17.7 Å². The molecule has 3 rings (SSSR count). The average Bonchev–Trinajstić information content (AvgIpc) is 3.12. The number of thiophene rings is 1. The summed E-state index contributed by atoms with van der Waals surface area (Å²) in [4.78, 5) is 28.6. The second-order valence-corrected chi connectivity index (χ2v) is 11.4. The minimum absolute atomic E-state index is 0.00160. The number of anilines is 1. The van der Waals surface area contributed by atoms with Crippen LogP contribution in [0.1, 0.15) is 87.7 Å². The standard InChI is InChI=1S/C26H35NO4S/c1-16-6-11-21(17(2)14-16)24(29)27(18-7-9-19(28)10-8-18)22-15-20(12-13-26(3,4)5)32-23(22)25(30)31/h6,15,17-19,21,28H,7-11,14H2,1-5H3,(H,30,31)/t17-,18?,19?,21-/m0/s1. The summed E-state index contributed by atoms with van der Waals surface area (Å²) in [5, 5.41) is 20.0. The molecule has 1 aromatic rings. The monoisotopic (exact) mass is 457 g/mol. The number of carboxylic acids is 1. The number of aromatic carboxylic acids is 1. The van der Waals surface area contributed by atoms with Gasteiger partial charge in [0.25, 0.3) is 0 Å². The van der Waals surface area contributed by atoms with Crippen molar-refractivity contribution in [2.45, 2.75) is 85.3 Å². The topological polar surface area (TPSA) is 77.8 Å². The minimum atomic E-state index is -1.03. The number of carbonyl (C=O) groups excluding carboxylic acids is 1. The Hall–Kier alpha value is -2.10. The number of hydrogen-bond acceptors (Lipinski definition) is 4. The van der Waals surface area contributed by atoms with Crippen molar-refractivity contribution in [3.63, 3.8) is 0 Å². The van der Waals surface area contributed by atoms with Crippen molar-refractivity contribution in [3.05, 3.63) is 27.5 Å². The highest BCUT2D eigenvalue weighted by Crippen LogP contribution is 2.39. The Bertz CT molecular complexity index is 951. The summed E-state index contributed by atoms with van der Waals surface area (Å²) in [5.74, 6) is 5.29. The summed E-state index contributed by atoms with van der Waals surface area (Å²) < 4.78 is 0. The molecule has 0 aliphatic heterocycles. The number of aliphatic hydroxyl groups is 1. The zero-order valence-corrected chi connectivity index (χ0v) is 20.6.